The number of halogens is 1. The molecule has 3 nitrogen and oxygen atoms in total. The van der Waals surface area contributed by atoms with Gasteiger partial charge in [0.15, 0.2) is 0 Å². The number of benzene rings is 2. The summed E-state index contributed by atoms with van der Waals surface area (Å²) in [6.45, 7) is 1.87. The second-order valence-electron chi connectivity index (χ2n) is 5.19. The fourth-order valence-corrected chi connectivity index (χ4v) is 3.54. The lowest BCUT2D eigenvalue weighted by Crippen LogP contribution is -2.19. The van der Waals surface area contributed by atoms with Gasteiger partial charge in [-0.1, -0.05) is 42.5 Å². The van der Waals surface area contributed by atoms with Gasteiger partial charge >= 0.3 is 0 Å². The Bertz CT molecular complexity index is 870. The number of thiophene rings is 1. The minimum Gasteiger partial charge on any atom is -0.267 e. The Labute approximate surface area is 153 Å². The third-order valence-corrected chi connectivity index (χ3v) is 5.24. The molecule has 2 aromatic carbocycles. The number of nitrogens with zero attached hydrogens (tertiary/aromatic N) is 1. The van der Waals surface area contributed by atoms with Gasteiger partial charge in [0.05, 0.1) is 14.4 Å². The number of nitrogens with one attached hydrogen (secondary N) is 1. The van der Waals surface area contributed by atoms with Gasteiger partial charge in [-0.15, -0.1) is 11.3 Å². The van der Waals surface area contributed by atoms with E-state index in [2.05, 4.69) is 26.5 Å². The largest absolute Gasteiger partial charge is 0.271 e. The minimum atomic E-state index is -0.218. The van der Waals surface area contributed by atoms with Crippen LogP contribution in [0, 0.1) is 0 Å². The van der Waals surface area contributed by atoms with Gasteiger partial charge in [-0.2, -0.15) is 5.10 Å². The van der Waals surface area contributed by atoms with Crippen molar-refractivity contribution >= 4 is 38.9 Å². The van der Waals surface area contributed by atoms with Gasteiger partial charge in [-0.3, -0.25) is 4.79 Å². The normalized spacial score (nSPS) is 11.3. The summed E-state index contributed by atoms with van der Waals surface area (Å²) in [6.07, 6.45) is 0. The Hall–Kier alpha value is -2.24. The highest BCUT2D eigenvalue weighted by Gasteiger charge is 2.06. The molecule has 0 aliphatic rings. The first-order valence-corrected chi connectivity index (χ1v) is 9.00. The van der Waals surface area contributed by atoms with Crippen molar-refractivity contribution in [3.05, 3.63) is 81.0 Å². The average Bonchev–Trinajstić information content (AvgIpc) is 3.07. The molecule has 0 atom stereocenters. The Morgan fingerprint density at radius 1 is 0.958 bits per heavy atom. The molecule has 0 aliphatic heterocycles. The molecule has 1 amide bonds. The third-order valence-electron chi connectivity index (χ3n) is 3.51. The fraction of sp³-hybridized carbons (Fsp3) is 0.0526. The van der Waals surface area contributed by atoms with Crippen molar-refractivity contribution in [1.82, 2.24) is 5.43 Å². The van der Waals surface area contributed by atoms with Crippen molar-refractivity contribution in [3.8, 4) is 11.1 Å². The number of hydrogen-bond donors (Lipinski definition) is 1. The van der Waals surface area contributed by atoms with Gasteiger partial charge in [0, 0.05) is 5.56 Å². The number of amides is 1. The van der Waals surface area contributed by atoms with Gasteiger partial charge in [-0.25, -0.2) is 5.43 Å². The molecule has 1 heterocycles. The first-order chi connectivity index (χ1) is 11.6. The van der Waals surface area contributed by atoms with E-state index >= 15 is 0 Å². The molecule has 0 aliphatic carbocycles. The number of carbonyl (C=O) groups is 1. The van der Waals surface area contributed by atoms with E-state index < -0.39 is 0 Å². The van der Waals surface area contributed by atoms with E-state index in [1.807, 2.05) is 73.7 Å². The molecule has 3 aromatic rings. The second kappa shape index (κ2) is 7.55. The van der Waals surface area contributed by atoms with Gasteiger partial charge in [-0.05, 0) is 58.2 Å². The van der Waals surface area contributed by atoms with Gasteiger partial charge < -0.3 is 0 Å². The first-order valence-electron chi connectivity index (χ1n) is 7.39. The molecule has 0 fully saturated rings. The Balaban J connectivity index is 1.69. The maximum Gasteiger partial charge on any atom is 0.271 e. The molecule has 0 bridgehead atoms. The Kier molecular flexibility index (Phi) is 5.23. The van der Waals surface area contributed by atoms with Crippen LogP contribution >= 0.6 is 27.3 Å². The summed E-state index contributed by atoms with van der Waals surface area (Å²) < 4.78 is 1.04. The van der Waals surface area contributed by atoms with E-state index in [9.17, 15) is 4.79 Å². The molecule has 5 heteroatoms. The summed E-state index contributed by atoms with van der Waals surface area (Å²) in [5.74, 6) is -0.218. The quantitative estimate of drug-likeness (QED) is 0.468. The lowest BCUT2D eigenvalue weighted by atomic mass is 10.0. The maximum atomic E-state index is 12.2. The summed E-state index contributed by atoms with van der Waals surface area (Å²) in [4.78, 5) is 13.2. The van der Waals surface area contributed by atoms with Gasteiger partial charge in [0.2, 0.25) is 0 Å². The fourth-order valence-electron chi connectivity index (χ4n) is 2.21. The summed E-state index contributed by atoms with van der Waals surface area (Å²) in [6, 6.07) is 21.5. The zero-order valence-electron chi connectivity index (χ0n) is 13.0. The number of hydrogen-bond acceptors (Lipinski definition) is 3. The van der Waals surface area contributed by atoms with Crippen LogP contribution < -0.4 is 5.43 Å². The van der Waals surface area contributed by atoms with Crippen molar-refractivity contribution in [2.45, 2.75) is 6.92 Å². The molecule has 0 saturated carbocycles. The minimum absolute atomic E-state index is 0.218. The summed E-state index contributed by atoms with van der Waals surface area (Å²) in [7, 11) is 0. The van der Waals surface area contributed by atoms with E-state index in [0.717, 1.165) is 25.5 Å². The smallest absolute Gasteiger partial charge is 0.267 e. The zero-order chi connectivity index (χ0) is 16.9. The average molecular weight is 399 g/mol. The van der Waals surface area contributed by atoms with Gasteiger partial charge in [0.1, 0.15) is 0 Å². The molecule has 0 radical (unpaired) electrons. The van der Waals surface area contributed by atoms with Crippen LogP contribution in [0.25, 0.3) is 11.1 Å². The monoisotopic (exact) mass is 398 g/mol. The van der Waals surface area contributed by atoms with Crippen molar-refractivity contribution in [2.24, 2.45) is 5.10 Å². The third kappa shape index (κ3) is 3.99. The van der Waals surface area contributed by atoms with Crippen molar-refractivity contribution in [2.75, 3.05) is 0 Å². The molecular weight excluding hydrogens is 384 g/mol. The highest BCUT2D eigenvalue weighted by atomic mass is 79.9. The number of carbonyl (C=O) groups excluding carboxylic acids is 1. The number of hydrazone groups is 1. The van der Waals surface area contributed by atoms with Crippen molar-refractivity contribution in [1.29, 1.82) is 0 Å². The lowest BCUT2D eigenvalue weighted by Gasteiger charge is -2.04. The van der Waals surface area contributed by atoms with Crippen LogP contribution in [0.2, 0.25) is 0 Å². The highest BCUT2D eigenvalue weighted by Crippen LogP contribution is 2.22. The van der Waals surface area contributed by atoms with E-state index in [1.165, 1.54) is 0 Å². The molecule has 0 spiro atoms. The topological polar surface area (TPSA) is 41.5 Å². The van der Waals surface area contributed by atoms with Crippen molar-refractivity contribution in [3.63, 3.8) is 0 Å². The standard InChI is InChI=1S/C19H15BrN2OS/c1-13(17-11-12-18(20)24-17)21-22-19(23)16-9-7-15(8-10-16)14-5-3-2-4-6-14/h2-12H,1H3,(H,22,23). The molecule has 0 unspecified atom stereocenters. The molecule has 0 saturated heterocycles. The van der Waals surface area contributed by atoms with Crippen LogP contribution in [0.4, 0.5) is 0 Å². The summed E-state index contributed by atoms with van der Waals surface area (Å²) in [5, 5.41) is 4.17. The maximum absolute atomic E-state index is 12.2. The van der Waals surface area contributed by atoms with E-state index in [4.69, 9.17) is 0 Å². The predicted octanol–water partition coefficient (Wildman–Crippen LogP) is 5.33. The highest BCUT2D eigenvalue weighted by molar-refractivity contribution is 9.11. The predicted molar refractivity (Wildman–Crippen MR) is 104 cm³/mol. The number of rotatable bonds is 4. The van der Waals surface area contributed by atoms with Crippen LogP contribution in [0.1, 0.15) is 22.2 Å². The SMILES string of the molecule is CC(=NNC(=O)c1ccc(-c2ccccc2)cc1)c1ccc(Br)s1. The van der Waals surface area contributed by atoms with Crippen LogP contribution in [0.5, 0.6) is 0 Å². The molecular formula is C19H15BrN2OS. The lowest BCUT2D eigenvalue weighted by molar-refractivity contribution is 0.0955. The first kappa shape index (κ1) is 16.6. The second-order valence-corrected chi connectivity index (χ2v) is 7.65. The summed E-state index contributed by atoms with van der Waals surface area (Å²) in [5.41, 5.74) is 6.17. The van der Waals surface area contributed by atoms with E-state index in [-0.39, 0.29) is 5.91 Å². The molecule has 1 N–H and O–H groups in total. The van der Waals surface area contributed by atoms with Crippen LogP contribution in [-0.2, 0) is 0 Å². The zero-order valence-corrected chi connectivity index (χ0v) is 15.4. The van der Waals surface area contributed by atoms with E-state index in [0.29, 0.717) is 5.56 Å². The Morgan fingerprint density at radius 2 is 1.62 bits per heavy atom. The molecule has 120 valence electrons. The van der Waals surface area contributed by atoms with Crippen LogP contribution in [-0.4, -0.2) is 11.6 Å². The van der Waals surface area contributed by atoms with Crippen LogP contribution in [0.15, 0.2) is 75.6 Å². The van der Waals surface area contributed by atoms with Gasteiger partial charge in [0.25, 0.3) is 5.91 Å². The van der Waals surface area contributed by atoms with E-state index in [1.54, 1.807) is 11.3 Å². The summed E-state index contributed by atoms with van der Waals surface area (Å²) >= 11 is 5.00. The van der Waals surface area contributed by atoms with Crippen molar-refractivity contribution < 1.29 is 4.79 Å². The Morgan fingerprint density at radius 3 is 2.25 bits per heavy atom. The molecule has 24 heavy (non-hydrogen) atoms. The molecule has 1 aromatic heterocycles. The molecule has 3 rings (SSSR count). The van der Waals surface area contributed by atoms with Crippen LogP contribution in [0.3, 0.4) is 0 Å².